The molecule has 2 nitrogen and oxygen atoms in total. The average Bonchev–Trinajstić information content (AvgIpc) is 1.91. The van der Waals surface area contributed by atoms with Gasteiger partial charge in [0.1, 0.15) is 0 Å². The molecule has 0 aromatic rings. The fraction of sp³-hybridized carbons (Fsp3) is 0.571. The Morgan fingerprint density at radius 1 is 1.67 bits per heavy atom. The Morgan fingerprint density at radius 2 is 2.56 bits per heavy atom. The summed E-state index contributed by atoms with van der Waals surface area (Å²) >= 11 is 0. The zero-order valence-electron chi connectivity index (χ0n) is 5.59. The minimum Gasteiger partial charge on any atom is -0.292 e. The van der Waals surface area contributed by atoms with Gasteiger partial charge in [0, 0.05) is 19.1 Å². The molecule has 0 aromatic carbocycles. The summed E-state index contributed by atoms with van der Waals surface area (Å²) in [6, 6.07) is 2.92. The van der Waals surface area contributed by atoms with Crippen LogP contribution in [0.2, 0.25) is 0 Å². The van der Waals surface area contributed by atoms with Crippen molar-refractivity contribution in [2.45, 2.75) is 13.3 Å². The van der Waals surface area contributed by atoms with Gasteiger partial charge in [-0.05, 0) is 13.3 Å². The standard InChI is InChI=1S/C7H10N2/c1-2-5-9-6-3-4-8-7-9/h7H,3-4,6H2,1H3. The van der Waals surface area contributed by atoms with Gasteiger partial charge in [0.05, 0.1) is 6.34 Å². The molecule has 0 atom stereocenters. The highest BCUT2D eigenvalue weighted by molar-refractivity contribution is 5.58. The summed E-state index contributed by atoms with van der Waals surface area (Å²) in [5.41, 5.74) is 0. The van der Waals surface area contributed by atoms with Crippen molar-refractivity contribution in [3.8, 4) is 12.0 Å². The number of hydrogen-bond acceptors (Lipinski definition) is 2. The smallest absolute Gasteiger partial charge is 0.0965 e. The van der Waals surface area contributed by atoms with Crippen LogP contribution in [0.5, 0.6) is 0 Å². The maximum Gasteiger partial charge on any atom is 0.0965 e. The van der Waals surface area contributed by atoms with Gasteiger partial charge in [0.25, 0.3) is 0 Å². The normalized spacial score (nSPS) is 16.8. The number of aliphatic imine (C=N–C) groups is 1. The molecular weight excluding hydrogens is 112 g/mol. The third kappa shape index (κ3) is 1.77. The summed E-state index contributed by atoms with van der Waals surface area (Å²) in [4.78, 5) is 6.00. The van der Waals surface area contributed by atoms with Crippen LogP contribution in [0, 0.1) is 12.0 Å². The molecule has 1 aliphatic rings. The molecule has 1 heterocycles. The van der Waals surface area contributed by atoms with Crippen molar-refractivity contribution in [3.05, 3.63) is 0 Å². The minimum atomic E-state index is 0.960. The van der Waals surface area contributed by atoms with Crippen molar-refractivity contribution < 1.29 is 0 Å². The Morgan fingerprint density at radius 3 is 3.11 bits per heavy atom. The molecule has 0 saturated heterocycles. The van der Waals surface area contributed by atoms with E-state index in [-0.39, 0.29) is 0 Å². The Balaban J connectivity index is 2.46. The van der Waals surface area contributed by atoms with Gasteiger partial charge in [0.2, 0.25) is 0 Å². The molecule has 2 heteroatoms. The van der Waals surface area contributed by atoms with Crippen molar-refractivity contribution in [3.63, 3.8) is 0 Å². The summed E-state index contributed by atoms with van der Waals surface area (Å²) in [5.74, 6) is 2.82. The van der Waals surface area contributed by atoms with Gasteiger partial charge in [-0.15, -0.1) is 0 Å². The van der Waals surface area contributed by atoms with Gasteiger partial charge in [0.15, 0.2) is 0 Å². The van der Waals surface area contributed by atoms with Gasteiger partial charge in [-0.3, -0.25) is 9.89 Å². The molecule has 0 aromatic heterocycles. The van der Waals surface area contributed by atoms with Crippen molar-refractivity contribution in [1.82, 2.24) is 4.90 Å². The van der Waals surface area contributed by atoms with E-state index in [1.165, 1.54) is 0 Å². The van der Waals surface area contributed by atoms with E-state index >= 15 is 0 Å². The maximum atomic E-state index is 4.08. The number of hydrogen-bond donors (Lipinski definition) is 0. The highest BCUT2D eigenvalue weighted by Crippen LogP contribution is 1.92. The largest absolute Gasteiger partial charge is 0.292 e. The molecule has 0 spiro atoms. The topological polar surface area (TPSA) is 15.6 Å². The summed E-state index contributed by atoms with van der Waals surface area (Å²) in [7, 11) is 0. The quantitative estimate of drug-likeness (QED) is 0.432. The van der Waals surface area contributed by atoms with E-state index in [1.807, 2.05) is 11.8 Å². The van der Waals surface area contributed by atoms with E-state index in [0.717, 1.165) is 19.5 Å². The van der Waals surface area contributed by atoms with Crippen molar-refractivity contribution in [1.29, 1.82) is 0 Å². The molecule has 0 bridgehead atoms. The monoisotopic (exact) mass is 122 g/mol. The predicted octanol–water partition coefficient (Wildman–Crippen LogP) is 0.701. The van der Waals surface area contributed by atoms with E-state index in [2.05, 4.69) is 17.0 Å². The van der Waals surface area contributed by atoms with E-state index in [0.29, 0.717) is 0 Å². The van der Waals surface area contributed by atoms with Crippen molar-refractivity contribution in [2.24, 2.45) is 4.99 Å². The van der Waals surface area contributed by atoms with Crippen LogP contribution in [0.3, 0.4) is 0 Å². The SMILES string of the molecule is CC#CN1C=NCCC1. The molecule has 0 N–H and O–H groups in total. The first-order chi connectivity index (χ1) is 4.43. The maximum absolute atomic E-state index is 4.08. The van der Waals surface area contributed by atoms with Crippen molar-refractivity contribution in [2.75, 3.05) is 13.1 Å². The summed E-state index contributed by atoms with van der Waals surface area (Å²) in [6.45, 7) is 3.83. The van der Waals surface area contributed by atoms with Gasteiger partial charge in [-0.1, -0.05) is 5.92 Å². The van der Waals surface area contributed by atoms with Crippen LogP contribution in [0.4, 0.5) is 0 Å². The minimum absolute atomic E-state index is 0.960. The molecule has 1 rings (SSSR count). The zero-order chi connectivity index (χ0) is 6.53. The highest BCUT2D eigenvalue weighted by Gasteiger charge is 1.98. The lowest BCUT2D eigenvalue weighted by Gasteiger charge is -2.13. The van der Waals surface area contributed by atoms with Gasteiger partial charge in [-0.2, -0.15) is 0 Å². The third-order valence-corrected chi connectivity index (χ3v) is 1.16. The number of nitrogens with zero attached hydrogens (tertiary/aromatic N) is 2. The van der Waals surface area contributed by atoms with Gasteiger partial charge in [-0.25, -0.2) is 0 Å². The molecule has 1 aliphatic heterocycles. The first-order valence-electron chi connectivity index (χ1n) is 3.12. The second kappa shape index (κ2) is 3.13. The van der Waals surface area contributed by atoms with E-state index in [9.17, 15) is 0 Å². The Labute approximate surface area is 55.6 Å². The van der Waals surface area contributed by atoms with Crippen LogP contribution in [-0.2, 0) is 0 Å². The first kappa shape index (κ1) is 6.15. The molecule has 0 radical (unpaired) electrons. The molecule has 0 aliphatic carbocycles. The van der Waals surface area contributed by atoms with Crippen LogP contribution in [0.1, 0.15) is 13.3 Å². The van der Waals surface area contributed by atoms with Crippen LogP contribution in [0.15, 0.2) is 4.99 Å². The van der Waals surface area contributed by atoms with E-state index in [4.69, 9.17) is 0 Å². The van der Waals surface area contributed by atoms with Gasteiger partial charge < -0.3 is 0 Å². The average molecular weight is 122 g/mol. The number of rotatable bonds is 0. The third-order valence-electron chi connectivity index (χ3n) is 1.16. The predicted molar refractivity (Wildman–Crippen MR) is 38.1 cm³/mol. The molecule has 48 valence electrons. The lowest BCUT2D eigenvalue weighted by Crippen LogP contribution is -2.21. The Kier molecular flexibility index (Phi) is 2.14. The fourth-order valence-corrected chi connectivity index (χ4v) is 0.775. The molecular formula is C7H10N2. The summed E-state index contributed by atoms with van der Waals surface area (Å²) in [5, 5.41) is 0. The zero-order valence-corrected chi connectivity index (χ0v) is 5.59. The molecule has 0 saturated carbocycles. The second-order valence-electron chi connectivity index (χ2n) is 1.93. The van der Waals surface area contributed by atoms with Crippen LogP contribution >= 0.6 is 0 Å². The van der Waals surface area contributed by atoms with Crippen LogP contribution in [-0.4, -0.2) is 24.3 Å². The van der Waals surface area contributed by atoms with E-state index < -0.39 is 0 Å². The molecule has 9 heavy (non-hydrogen) atoms. The lowest BCUT2D eigenvalue weighted by molar-refractivity contribution is 0.546. The molecule has 0 fully saturated rings. The first-order valence-corrected chi connectivity index (χ1v) is 3.12. The van der Waals surface area contributed by atoms with Crippen LogP contribution < -0.4 is 0 Å². The van der Waals surface area contributed by atoms with Gasteiger partial charge >= 0.3 is 0 Å². The summed E-state index contributed by atoms with van der Waals surface area (Å²) in [6.07, 6.45) is 2.94. The highest BCUT2D eigenvalue weighted by atomic mass is 15.1. The molecule has 0 amide bonds. The summed E-state index contributed by atoms with van der Waals surface area (Å²) < 4.78 is 0. The lowest BCUT2D eigenvalue weighted by atomic mass is 10.4. The second-order valence-corrected chi connectivity index (χ2v) is 1.93. The van der Waals surface area contributed by atoms with Crippen molar-refractivity contribution >= 4 is 6.34 Å². The van der Waals surface area contributed by atoms with E-state index in [1.54, 1.807) is 6.34 Å². The Bertz CT molecular complexity index is 161. The molecule has 0 unspecified atom stereocenters. The fourth-order valence-electron chi connectivity index (χ4n) is 0.775. The Hall–Kier alpha value is -0.970. The van der Waals surface area contributed by atoms with Crippen LogP contribution in [0.25, 0.3) is 0 Å².